The third-order valence-corrected chi connectivity index (χ3v) is 5.12. The van der Waals surface area contributed by atoms with Crippen LogP contribution in [0.3, 0.4) is 0 Å². The van der Waals surface area contributed by atoms with Gasteiger partial charge in [-0.3, -0.25) is 4.99 Å². The van der Waals surface area contributed by atoms with Crippen molar-refractivity contribution in [3.05, 3.63) is 47.0 Å². The average molecular weight is 364 g/mol. The number of nitrogens with one attached hydrogen (secondary N) is 2. The molecule has 2 rings (SSSR count). The Balaban J connectivity index is 1.75. The van der Waals surface area contributed by atoms with E-state index in [2.05, 4.69) is 21.7 Å². The largest absolute Gasteiger partial charge is 0.356 e. The molecular weight excluding hydrogens is 334 g/mol. The van der Waals surface area contributed by atoms with Crippen molar-refractivity contribution in [2.24, 2.45) is 4.99 Å². The summed E-state index contributed by atoms with van der Waals surface area (Å²) in [6, 6.07) is 7.63. The molecule has 0 amide bonds. The zero-order valence-electron chi connectivity index (χ0n) is 15.2. The highest BCUT2D eigenvalue weighted by Gasteiger charge is 2.06. The second-order valence-electron chi connectivity index (χ2n) is 6.60. The van der Waals surface area contributed by atoms with Crippen molar-refractivity contribution in [1.82, 2.24) is 10.6 Å². The van der Waals surface area contributed by atoms with Crippen LogP contribution in [0, 0.1) is 0 Å². The summed E-state index contributed by atoms with van der Waals surface area (Å²) < 4.78 is 22.6. The second-order valence-corrected chi connectivity index (χ2v) is 8.74. The minimum absolute atomic E-state index is 0.0831. The molecule has 0 saturated carbocycles. The van der Waals surface area contributed by atoms with E-state index in [1.165, 1.54) is 31.9 Å². The maximum Gasteiger partial charge on any atom is 0.191 e. The molecule has 138 valence electrons. The zero-order valence-corrected chi connectivity index (χ0v) is 16.0. The van der Waals surface area contributed by atoms with Gasteiger partial charge in [0, 0.05) is 26.4 Å². The van der Waals surface area contributed by atoms with E-state index in [4.69, 9.17) is 0 Å². The molecular formula is C19H29N3O2S. The lowest BCUT2D eigenvalue weighted by atomic mass is 9.97. The molecule has 0 fully saturated rings. The Kier molecular flexibility index (Phi) is 7.50. The van der Waals surface area contributed by atoms with Gasteiger partial charge in [-0.1, -0.05) is 35.9 Å². The van der Waals surface area contributed by atoms with Gasteiger partial charge in [0.15, 0.2) is 15.8 Å². The Morgan fingerprint density at radius 2 is 1.84 bits per heavy atom. The molecule has 0 saturated heterocycles. The van der Waals surface area contributed by atoms with Crippen LogP contribution in [-0.2, 0) is 22.1 Å². The molecule has 0 radical (unpaired) electrons. The molecule has 0 aliphatic heterocycles. The van der Waals surface area contributed by atoms with E-state index in [9.17, 15) is 8.42 Å². The maximum absolute atomic E-state index is 11.3. The molecule has 1 aliphatic rings. The van der Waals surface area contributed by atoms with Crippen molar-refractivity contribution in [3.63, 3.8) is 0 Å². The van der Waals surface area contributed by atoms with Crippen LogP contribution in [-0.4, -0.2) is 34.2 Å². The van der Waals surface area contributed by atoms with Crippen molar-refractivity contribution >= 4 is 15.8 Å². The lowest BCUT2D eigenvalue weighted by Crippen LogP contribution is -2.37. The fraction of sp³-hybridized carbons (Fsp3) is 0.526. The molecule has 5 nitrogen and oxygen atoms in total. The van der Waals surface area contributed by atoms with Crippen LogP contribution in [0.5, 0.6) is 0 Å². The van der Waals surface area contributed by atoms with Crippen LogP contribution >= 0.6 is 0 Å². The normalized spacial score (nSPS) is 15.6. The zero-order chi connectivity index (χ0) is 18.1. The molecule has 0 unspecified atom stereocenters. The van der Waals surface area contributed by atoms with Crippen LogP contribution in [0.1, 0.15) is 43.2 Å². The van der Waals surface area contributed by atoms with E-state index < -0.39 is 9.84 Å². The van der Waals surface area contributed by atoms with Gasteiger partial charge in [-0.05, 0) is 43.2 Å². The summed E-state index contributed by atoms with van der Waals surface area (Å²) in [6.45, 7) is 1.54. The van der Waals surface area contributed by atoms with Crippen LogP contribution in [0.25, 0.3) is 0 Å². The number of allylic oxidation sites excluding steroid dienone is 1. The highest BCUT2D eigenvalue weighted by molar-refractivity contribution is 7.89. The van der Waals surface area contributed by atoms with Crippen molar-refractivity contribution < 1.29 is 8.42 Å². The summed E-state index contributed by atoms with van der Waals surface area (Å²) >= 11 is 0. The topological polar surface area (TPSA) is 70.6 Å². The molecule has 0 bridgehead atoms. The summed E-state index contributed by atoms with van der Waals surface area (Å²) in [5.41, 5.74) is 3.46. The van der Waals surface area contributed by atoms with Crippen molar-refractivity contribution in [2.75, 3.05) is 19.8 Å². The summed E-state index contributed by atoms with van der Waals surface area (Å²) in [5.74, 6) is 0.872. The minimum atomic E-state index is -2.99. The lowest BCUT2D eigenvalue weighted by molar-refractivity contribution is 0.601. The first-order valence-electron chi connectivity index (χ1n) is 8.84. The Labute approximate surface area is 151 Å². The van der Waals surface area contributed by atoms with Crippen molar-refractivity contribution in [2.45, 2.75) is 44.4 Å². The first-order chi connectivity index (χ1) is 12.0. The van der Waals surface area contributed by atoms with E-state index in [1.807, 2.05) is 24.3 Å². The Morgan fingerprint density at radius 3 is 2.44 bits per heavy atom. The summed E-state index contributed by atoms with van der Waals surface area (Å²) in [5, 5.41) is 6.64. The fourth-order valence-corrected chi connectivity index (χ4v) is 3.73. The number of hydrogen-bond acceptors (Lipinski definition) is 3. The number of benzene rings is 1. The Bertz CT molecular complexity index is 707. The van der Waals surface area contributed by atoms with Crippen molar-refractivity contribution in [3.8, 4) is 0 Å². The van der Waals surface area contributed by atoms with Crippen molar-refractivity contribution in [1.29, 1.82) is 0 Å². The van der Waals surface area contributed by atoms with Gasteiger partial charge in [-0.2, -0.15) is 0 Å². The van der Waals surface area contributed by atoms with Gasteiger partial charge >= 0.3 is 0 Å². The smallest absolute Gasteiger partial charge is 0.191 e. The Morgan fingerprint density at radius 1 is 1.12 bits per heavy atom. The third-order valence-electron chi connectivity index (χ3n) is 4.26. The van der Waals surface area contributed by atoms with Crippen LogP contribution in [0.4, 0.5) is 0 Å². The van der Waals surface area contributed by atoms with E-state index in [0.717, 1.165) is 30.1 Å². The molecule has 0 spiro atoms. The van der Waals surface area contributed by atoms with Gasteiger partial charge in [0.25, 0.3) is 0 Å². The summed E-state index contributed by atoms with van der Waals surface area (Å²) in [7, 11) is -1.22. The quantitative estimate of drug-likeness (QED) is 0.444. The number of nitrogens with zero attached hydrogens (tertiary/aromatic N) is 1. The summed E-state index contributed by atoms with van der Waals surface area (Å²) in [4.78, 5) is 4.25. The number of guanidine groups is 1. The standard InChI is InChI=1S/C19H29N3O2S/c1-20-19(21-13-12-16-6-4-3-5-7-16)22-14-17-8-10-18(11-9-17)15-25(2,23)24/h6,8-11H,3-5,7,12-15H2,1-2H3,(H2,20,21,22). The van der Waals surface area contributed by atoms with Gasteiger partial charge in [-0.15, -0.1) is 0 Å². The van der Waals surface area contributed by atoms with E-state index in [-0.39, 0.29) is 5.75 Å². The first kappa shape index (κ1) is 19.5. The molecule has 1 aliphatic carbocycles. The highest BCUT2D eigenvalue weighted by Crippen LogP contribution is 2.19. The molecule has 1 aromatic rings. The average Bonchev–Trinajstić information content (AvgIpc) is 2.59. The molecule has 6 heteroatoms. The number of hydrogen-bond donors (Lipinski definition) is 2. The fourth-order valence-electron chi connectivity index (χ4n) is 2.94. The van der Waals surface area contributed by atoms with Crippen LogP contribution in [0.2, 0.25) is 0 Å². The molecule has 0 atom stereocenters. The molecule has 1 aromatic carbocycles. The predicted octanol–water partition coefficient (Wildman–Crippen LogP) is 2.79. The van der Waals surface area contributed by atoms with E-state index in [1.54, 1.807) is 12.6 Å². The van der Waals surface area contributed by atoms with E-state index in [0.29, 0.717) is 6.54 Å². The minimum Gasteiger partial charge on any atom is -0.356 e. The first-order valence-corrected chi connectivity index (χ1v) is 10.9. The molecule has 2 N–H and O–H groups in total. The predicted molar refractivity (Wildman–Crippen MR) is 104 cm³/mol. The van der Waals surface area contributed by atoms with Gasteiger partial charge in [0.1, 0.15) is 0 Å². The molecule has 0 aromatic heterocycles. The number of rotatable bonds is 7. The second kappa shape index (κ2) is 9.61. The summed E-state index contributed by atoms with van der Waals surface area (Å²) in [6.07, 6.45) is 9.78. The van der Waals surface area contributed by atoms with Gasteiger partial charge in [-0.25, -0.2) is 8.42 Å². The molecule has 25 heavy (non-hydrogen) atoms. The van der Waals surface area contributed by atoms with Crippen LogP contribution < -0.4 is 10.6 Å². The number of sulfone groups is 1. The number of aliphatic imine (C=N–C) groups is 1. The third kappa shape index (κ3) is 7.73. The SMILES string of the molecule is CN=C(NCCC1=CCCCC1)NCc1ccc(CS(C)(=O)=O)cc1. The monoisotopic (exact) mass is 363 g/mol. The maximum atomic E-state index is 11.3. The van der Waals surface area contributed by atoms with Gasteiger partial charge in [0.2, 0.25) is 0 Å². The van der Waals surface area contributed by atoms with E-state index >= 15 is 0 Å². The Hall–Kier alpha value is -1.82. The highest BCUT2D eigenvalue weighted by atomic mass is 32.2. The van der Waals surface area contributed by atoms with Gasteiger partial charge < -0.3 is 10.6 Å². The molecule has 0 heterocycles. The lowest BCUT2D eigenvalue weighted by Gasteiger charge is -2.15. The van der Waals surface area contributed by atoms with Crippen LogP contribution in [0.15, 0.2) is 40.9 Å². The van der Waals surface area contributed by atoms with Gasteiger partial charge in [0.05, 0.1) is 5.75 Å².